The summed E-state index contributed by atoms with van der Waals surface area (Å²) in [5, 5.41) is 13.5. The second-order valence-corrected chi connectivity index (χ2v) is 13.5. The lowest BCUT2D eigenvalue weighted by Gasteiger charge is -2.23. The normalized spacial score (nSPS) is 15.4. The summed E-state index contributed by atoms with van der Waals surface area (Å²) in [4.78, 5) is 22.5. The minimum Gasteiger partial charge on any atom is -0.387 e. The number of aliphatic hydroxyl groups excluding tert-OH is 1. The second kappa shape index (κ2) is 36.2. The number of nitrogens with two attached hydrogens (primary N) is 1. The Morgan fingerprint density at radius 3 is 1.76 bits per heavy atom. The smallest absolute Gasteiger partial charge is 0.387 e. The van der Waals surface area contributed by atoms with Gasteiger partial charge >= 0.3 is 7.82 Å². The molecule has 0 aromatic rings. The van der Waals surface area contributed by atoms with Crippen LogP contribution in [0.4, 0.5) is 0 Å². The third kappa shape index (κ3) is 33.9. The van der Waals surface area contributed by atoms with Crippen LogP contribution in [0.25, 0.3) is 0 Å². The molecule has 0 bridgehead atoms. The first-order valence-electron chi connectivity index (χ1n) is 18.9. The van der Waals surface area contributed by atoms with Crippen molar-refractivity contribution in [1.82, 2.24) is 5.32 Å². The summed E-state index contributed by atoms with van der Waals surface area (Å²) < 4.78 is 22.0. The van der Waals surface area contributed by atoms with Crippen molar-refractivity contribution in [2.24, 2.45) is 5.73 Å². The topological polar surface area (TPSA) is 131 Å². The minimum absolute atomic E-state index is 0.0570. The molecule has 5 N–H and O–H groups in total. The maximum atomic E-state index is 12.7. The third-order valence-electron chi connectivity index (χ3n) is 7.41. The van der Waals surface area contributed by atoms with Gasteiger partial charge in [-0.05, 0) is 70.6 Å². The summed E-state index contributed by atoms with van der Waals surface area (Å²) in [5.41, 5.74) is 5.34. The fourth-order valence-corrected chi connectivity index (χ4v) is 5.34. The van der Waals surface area contributed by atoms with E-state index in [1.54, 1.807) is 6.08 Å². The number of carbonyl (C=O) groups excluding carboxylic acids is 1. The second-order valence-electron chi connectivity index (χ2n) is 12.0. The fraction of sp³-hybridized carbons (Fsp3) is 0.585. The lowest BCUT2D eigenvalue weighted by Crippen LogP contribution is -2.45. The summed E-state index contributed by atoms with van der Waals surface area (Å²) in [5.74, 6) is -0.293. The van der Waals surface area contributed by atoms with Gasteiger partial charge in [0.05, 0.1) is 25.4 Å². The zero-order chi connectivity index (χ0) is 36.8. The molecule has 50 heavy (non-hydrogen) atoms. The van der Waals surface area contributed by atoms with Crippen LogP contribution in [0.2, 0.25) is 0 Å². The number of phosphoric acid groups is 1. The van der Waals surface area contributed by atoms with Crippen molar-refractivity contribution in [2.75, 3.05) is 19.8 Å². The van der Waals surface area contributed by atoms with Crippen LogP contribution in [0.5, 0.6) is 0 Å². The Morgan fingerprint density at radius 2 is 1.18 bits per heavy atom. The van der Waals surface area contributed by atoms with Crippen molar-refractivity contribution in [2.45, 2.75) is 135 Å². The molecule has 8 nitrogen and oxygen atoms in total. The van der Waals surface area contributed by atoms with Gasteiger partial charge in [0.2, 0.25) is 5.91 Å². The van der Waals surface area contributed by atoms with Crippen molar-refractivity contribution < 1.29 is 28.4 Å². The molecule has 3 unspecified atom stereocenters. The highest BCUT2D eigenvalue weighted by Crippen LogP contribution is 2.43. The van der Waals surface area contributed by atoms with Crippen LogP contribution in [0, 0.1) is 0 Å². The average molecular weight is 717 g/mol. The summed E-state index contributed by atoms with van der Waals surface area (Å²) in [6.45, 7) is 3.88. The Bertz CT molecular complexity index is 1090. The molecule has 0 radical (unpaired) electrons. The van der Waals surface area contributed by atoms with Crippen LogP contribution in [0.15, 0.2) is 97.2 Å². The molecule has 0 heterocycles. The molecule has 0 aliphatic carbocycles. The van der Waals surface area contributed by atoms with Gasteiger partial charge in [0, 0.05) is 13.0 Å². The van der Waals surface area contributed by atoms with Crippen molar-refractivity contribution in [1.29, 1.82) is 0 Å². The lowest BCUT2D eigenvalue weighted by molar-refractivity contribution is -0.122. The Labute approximate surface area is 304 Å². The summed E-state index contributed by atoms with van der Waals surface area (Å²) >= 11 is 0. The van der Waals surface area contributed by atoms with Crippen molar-refractivity contribution in [3.05, 3.63) is 97.2 Å². The van der Waals surface area contributed by atoms with E-state index in [-0.39, 0.29) is 25.5 Å². The van der Waals surface area contributed by atoms with E-state index in [1.165, 1.54) is 38.5 Å². The van der Waals surface area contributed by atoms with Gasteiger partial charge < -0.3 is 21.1 Å². The number of carbonyl (C=O) groups is 1. The minimum atomic E-state index is -4.37. The van der Waals surface area contributed by atoms with Crippen LogP contribution >= 0.6 is 7.82 Å². The highest BCUT2D eigenvalue weighted by atomic mass is 31.2. The van der Waals surface area contributed by atoms with E-state index >= 15 is 0 Å². The van der Waals surface area contributed by atoms with E-state index in [0.29, 0.717) is 6.42 Å². The summed E-state index contributed by atoms with van der Waals surface area (Å²) in [6, 6.07) is -0.922. The molecular weight excluding hydrogens is 647 g/mol. The highest BCUT2D eigenvalue weighted by Gasteiger charge is 2.26. The van der Waals surface area contributed by atoms with E-state index in [0.717, 1.165) is 57.8 Å². The van der Waals surface area contributed by atoms with Gasteiger partial charge in [-0.15, -0.1) is 0 Å². The van der Waals surface area contributed by atoms with Gasteiger partial charge in [0.1, 0.15) is 0 Å². The molecule has 0 aromatic heterocycles. The van der Waals surface area contributed by atoms with Crippen LogP contribution in [-0.4, -0.2) is 47.8 Å². The molecule has 0 saturated heterocycles. The van der Waals surface area contributed by atoms with Crippen LogP contribution in [0.1, 0.15) is 123 Å². The van der Waals surface area contributed by atoms with Crippen molar-refractivity contribution in [3.63, 3.8) is 0 Å². The number of hydrogen-bond acceptors (Lipinski definition) is 6. The third-order valence-corrected chi connectivity index (χ3v) is 8.39. The summed E-state index contributed by atoms with van der Waals surface area (Å²) in [6.07, 6.45) is 49.0. The largest absolute Gasteiger partial charge is 0.472 e. The molecule has 0 spiro atoms. The molecule has 1 amide bonds. The molecule has 0 aromatic carbocycles. The first-order chi connectivity index (χ1) is 24.4. The molecule has 284 valence electrons. The lowest BCUT2D eigenvalue weighted by atomic mass is 10.1. The van der Waals surface area contributed by atoms with E-state index in [1.807, 2.05) is 18.2 Å². The number of phosphoric ester groups is 1. The molecule has 3 atom stereocenters. The SMILES string of the molecule is CC/C=C\C/C=C\C/C=C\C/C=C\C/C=C\C/C=C\CCC(=O)NC(COP(=O)(O)OCCN)C(O)/C=C/CC/C=C/CCCCCCCC. The molecule has 0 aliphatic heterocycles. The zero-order valence-corrected chi connectivity index (χ0v) is 32.0. The summed E-state index contributed by atoms with van der Waals surface area (Å²) in [7, 11) is -4.37. The quantitative estimate of drug-likeness (QED) is 0.0302. The molecule has 9 heteroatoms. The van der Waals surface area contributed by atoms with E-state index < -0.39 is 26.6 Å². The predicted molar refractivity (Wildman–Crippen MR) is 212 cm³/mol. The Morgan fingerprint density at radius 1 is 0.680 bits per heavy atom. The monoisotopic (exact) mass is 716 g/mol. The van der Waals surface area contributed by atoms with Crippen LogP contribution < -0.4 is 11.1 Å². The number of rotatable bonds is 33. The first-order valence-corrected chi connectivity index (χ1v) is 20.4. The van der Waals surface area contributed by atoms with E-state index in [2.05, 4.69) is 92.1 Å². The molecule has 0 rings (SSSR count). The van der Waals surface area contributed by atoms with Gasteiger partial charge in [-0.3, -0.25) is 13.8 Å². The Balaban J connectivity index is 4.52. The zero-order valence-electron chi connectivity index (χ0n) is 31.1. The average Bonchev–Trinajstić information content (AvgIpc) is 3.10. The van der Waals surface area contributed by atoms with Crippen molar-refractivity contribution in [3.8, 4) is 0 Å². The molecule has 0 fully saturated rings. The van der Waals surface area contributed by atoms with Gasteiger partial charge in [0.25, 0.3) is 0 Å². The number of amides is 1. The number of nitrogens with one attached hydrogen (secondary N) is 1. The molecule has 0 aliphatic rings. The van der Waals surface area contributed by atoms with Crippen molar-refractivity contribution >= 4 is 13.7 Å². The highest BCUT2D eigenvalue weighted by molar-refractivity contribution is 7.47. The number of unbranched alkanes of at least 4 members (excludes halogenated alkanes) is 7. The van der Waals surface area contributed by atoms with E-state index in [4.69, 9.17) is 14.8 Å². The molecular formula is C41H69N2O6P. The Hall–Kier alpha value is -2.58. The van der Waals surface area contributed by atoms with Gasteiger partial charge in [-0.25, -0.2) is 4.57 Å². The molecule has 0 saturated carbocycles. The standard InChI is InChI=1S/C41H69N2O6P/c1-3-5-7-9-11-13-15-17-18-19-20-21-22-23-25-27-29-31-33-35-41(45)43-39(38-49-50(46,47)48-37-36-42)40(44)34-32-30-28-26-24-16-14-12-10-8-6-4-2/h5,7,11,13,17-18,20-21,23-26,29,31-32,34,39-40,44H,3-4,6,8-10,12,14-16,19,22,27-28,30,33,35-38,42H2,1-2H3,(H,43,45)(H,46,47)/b7-5-,13-11-,18-17-,21-20-,25-23-,26-24+,31-29-,34-32+. The van der Waals surface area contributed by atoms with E-state index in [9.17, 15) is 19.4 Å². The van der Waals surface area contributed by atoms with Crippen LogP contribution in [-0.2, 0) is 18.4 Å². The predicted octanol–water partition coefficient (Wildman–Crippen LogP) is 10.0. The maximum absolute atomic E-state index is 12.7. The number of allylic oxidation sites excluding steroid dienone is 15. The van der Waals surface area contributed by atoms with Gasteiger partial charge in [0.15, 0.2) is 0 Å². The van der Waals surface area contributed by atoms with Gasteiger partial charge in [-0.1, -0.05) is 143 Å². The Kier molecular flexibility index (Phi) is 34.4. The van der Waals surface area contributed by atoms with Crippen LogP contribution in [0.3, 0.4) is 0 Å². The first kappa shape index (κ1) is 47.4. The maximum Gasteiger partial charge on any atom is 0.472 e. The number of aliphatic hydroxyl groups is 1. The number of hydrogen-bond donors (Lipinski definition) is 4. The van der Waals surface area contributed by atoms with Gasteiger partial charge in [-0.2, -0.15) is 0 Å². The fourth-order valence-electron chi connectivity index (χ4n) is 4.58.